The van der Waals surface area contributed by atoms with Gasteiger partial charge in [-0.2, -0.15) is 0 Å². The summed E-state index contributed by atoms with van der Waals surface area (Å²) in [6, 6.07) is 3.04. The smallest absolute Gasteiger partial charge is 0.250 e. The van der Waals surface area contributed by atoms with Crippen LogP contribution in [0.1, 0.15) is 19.8 Å². The number of halogens is 1. The summed E-state index contributed by atoms with van der Waals surface area (Å²) >= 11 is 0. The Morgan fingerprint density at radius 1 is 1.29 bits per heavy atom. The number of carbonyl (C=O) groups is 2. The van der Waals surface area contributed by atoms with Gasteiger partial charge in [0.1, 0.15) is 23.7 Å². The Morgan fingerprint density at radius 3 is 2.76 bits per heavy atom. The first kappa shape index (κ1) is 13.9. The Balaban J connectivity index is 2.04. The first-order valence-electron chi connectivity index (χ1n) is 7.01. The van der Waals surface area contributed by atoms with Crippen LogP contribution < -0.4 is 9.64 Å². The largest absolute Gasteiger partial charge is 0.497 e. The van der Waals surface area contributed by atoms with Crippen molar-refractivity contribution in [2.24, 2.45) is 0 Å². The number of carbonyl (C=O) groups excluding carboxylic acids is 2. The van der Waals surface area contributed by atoms with Crippen molar-refractivity contribution in [3.8, 4) is 5.75 Å². The summed E-state index contributed by atoms with van der Waals surface area (Å²) in [7, 11) is 1.47. The zero-order valence-electron chi connectivity index (χ0n) is 12.0. The summed E-state index contributed by atoms with van der Waals surface area (Å²) < 4.78 is 19.2. The molecule has 6 heteroatoms. The lowest BCUT2D eigenvalue weighted by atomic mass is 10.0. The van der Waals surface area contributed by atoms with Crippen LogP contribution in [0.4, 0.5) is 10.1 Å². The van der Waals surface area contributed by atoms with Gasteiger partial charge in [-0.25, -0.2) is 4.39 Å². The predicted octanol–water partition coefficient (Wildman–Crippen LogP) is 1.56. The zero-order valence-corrected chi connectivity index (χ0v) is 12.0. The molecule has 0 aromatic heterocycles. The Labute approximate surface area is 122 Å². The normalized spacial score (nSPS) is 25.3. The Morgan fingerprint density at radius 2 is 2.05 bits per heavy atom. The molecule has 5 nitrogen and oxygen atoms in total. The molecule has 21 heavy (non-hydrogen) atoms. The molecular weight excluding hydrogens is 275 g/mol. The first-order valence-corrected chi connectivity index (χ1v) is 7.01. The van der Waals surface area contributed by atoms with Gasteiger partial charge in [-0.15, -0.1) is 0 Å². The fourth-order valence-electron chi connectivity index (χ4n) is 3.12. The minimum absolute atomic E-state index is 0.103. The maximum Gasteiger partial charge on any atom is 0.250 e. The van der Waals surface area contributed by atoms with E-state index in [0.29, 0.717) is 18.7 Å². The summed E-state index contributed by atoms with van der Waals surface area (Å²) in [5.41, 5.74) is 0.103. The molecule has 112 valence electrons. The molecule has 0 aliphatic carbocycles. The number of piperazine rings is 1. The van der Waals surface area contributed by atoms with Crippen LogP contribution in [-0.2, 0) is 9.59 Å². The van der Waals surface area contributed by atoms with Crippen LogP contribution >= 0.6 is 0 Å². The molecule has 2 atom stereocenters. The summed E-state index contributed by atoms with van der Waals surface area (Å²) in [5.74, 6) is -0.422. The lowest BCUT2D eigenvalue weighted by molar-refractivity contribution is -0.143. The van der Waals surface area contributed by atoms with Crippen LogP contribution in [0.25, 0.3) is 0 Å². The molecule has 0 bridgehead atoms. The highest BCUT2D eigenvalue weighted by Crippen LogP contribution is 2.33. The summed E-state index contributed by atoms with van der Waals surface area (Å²) in [6.07, 6.45) is 1.45. The van der Waals surface area contributed by atoms with Crippen molar-refractivity contribution in [1.29, 1.82) is 0 Å². The average molecular weight is 292 g/mol. The van der Waals surface area contributed by atoms with Crippen LogP contribution in [0.2, 0.25) is 0 Å². The highest BCUT2D eigenvalue weighted by Gasteiger charge is 2.47. The van der Waals surface area contributed by atoms with Gasteiger partial charge >= 0.3 is 0 Å². The molecule has 2 aliphatic heterocycles. The van der Waals surface area contributed by atoms with Crippen molar-refractivity contribution in [3.05, 3.63) is 24.0 Å². The van der Waals surface area contributed by atoms with Gasteiger partial charge in [0, 0.05) is 12.6 Å². The van der Waals surface area contributed by atoms with Gasteiger partial charge in [0.25, 0.3) is 5.91 Å². The van der Waals surface area contributed by atoms with Crippen LogP contribution in [0.3, 0.4) is 0 Å². The van der Waals surface area contributed by atoms with Crippen LogP contribution in [-0.4, -0.2) is 42.5 Å². The van der Waals surface area contributed by atoms with E-state index in [9.17, 15) is 14.0 Å². The third-order valence-electron chi connectivity index (χ3n) is 4.22. The lowest BCUT2D eigenvalue weighted by Crippen LogP contribution is -2.62. The molecule has 2 fully saturated rings. The Hall–Kier alpha value is -2.11. The summed E-state index contributed by atoms with van der Waals surface area (Å²) in [4.78, 5) is 27.9. The molecule has 2 aliphatic rings. The van der Waals surface area contributed by atoms with E-state index in [0.717, 1.165) is 6.42 Å². The van der Waals surface area contributed by atoms with E-state index < -0.39 is 17.9 Å². The quantitative estimate of drug-likeness (QED) is 0.831. The van der Waals surface area contributed by atoms with Gasteiger partial charge in [-0.05, 0) is 31.9 Å². The number of amides is 2. The first-order chi connectivity index (χ1) is 10.0. The van der Waals surface area contributed by atoms with Gasteiger partial charge in [0.05, 0.1) is 12.8 Å². The second kappa shape index (κ2) is 5.02. The molecule has 1 aromatic carbocycles. The van der Waals surface area contributed by atoms with Crippen LogP contribution in [0, 0.1) is 5.82 Å². The number of benzene rings is 1. The SMILES string of the molecule is COc1ccc(F)c(N2C(=O)C3CCCN3C(=O)C2C)c1. The van der Waals surface area contributed by atoms with E-state index in [1.807, 2.05) is 0 Å². The van der Waals surface area contributed by atoms with Crippen molar-refractivity contribution in [3.63, 3.8) is 0 Å². The Kier molecular flexibility index (Phi) is 3.31. The number of hydrogen-bond acceptors (Lipinski definition) is 3. The summed E-state index contributed by atoms with van der Waals surface area (Å²) in [5, 5.41) is 0. The monoisotopic (exact) mass is 292 g/mol. The van der Waals surface area contributed by atoms with Crippen LogP contribution in [0.5, 0.6) is 5.75 Å². The average Bonchev–Trinajstić information content (AvgIpc) is 2.97. The molecule has 0 radical (unpaired) electrons. The molecule has 2 amide bonds. The fourth-order valence-corrected chi connectivity index (χ4v) is 3.12. The van der Waals surface area contributed by atoms with Gasteiger partial charge in [-0.3, -0.25) is 14.5 Å². The molecule has 2 saturated heterocycles. The Bertz CT molecular complexity index is 605. The van der Waals surface area contributed by atoms with E-state index in [4.69, 9.17) is 4.74 Å². The topological polar surface area (TPSA) is 49.9 Å². The molecule has 1 aromatic rings. The molecule has 0 spiro atoms. The van der Waals surface area contributed by atoms with Gasteiger partial charge in [-0.1, -0.05) is 0 Å². The highest BCUT2D eigenvalue weighted by atomic mass is 19.1. The number of ether oxygens (including phenoxy) is 1. The molecular formula is C15H17FN2O3. The van der Waals surface area contributed by atoms with Crippen molar-refractivity contribution >= 4 is 17.5 Å². The van der Waals surface area contributed by atoms with Crippen molar-refractivity contribution in [2.75, 3.05) is 18.6 Å². The maximum absolute atomic E-state index is 14.1. The van der Waals surface area contributed by atoms with Gasteiger partial charge in [0.15, 0.2) is 0 Å². The van der Waals surface area contributed by atoms with E-state index >= 15 is 0 Å². The number of fused-ring (bicyclic) bond motifs is 1. The molecule has 3 rings (SSSR count). The molecule has 2 heterocycles. The number of rotatable bonds is 2. The summed E-state index contributed by atoms with van der Waals surface area (Å²) in [6.45, 7) is 2.24. The van der Waals surface area contributed by atoms with E-state index in [1.54, 1.807) is 11.8 Å². The second-order valence-electron chi connectivity index (χ2n) is 5.39. The third kappa shape index (κ3) is 2.05. The number of anilines is 1. The second-order valence-corrected chi connectivity index (χ2v) is 5.39. The predicted molar refractivity (Wildman–Crippen MR) is 74.6 cm³/mol. The van der Waals surface area contributed by atoms with Crippen molar-refractivity contribution < 1.29 is 18.7 Å². The third-order valence-corrected chi connectivity index (χ3v) is 4.22. The minimum Gasteiger partial charge on any atom is -0.497 e. The zero-order chi connectivity index (χ0) is 15.1. The fraction of sp³-hybridized carbons (Fsp3) is 0.467. The minimum atomic E-state index is -0.701. The number of hydrogen-bond donors (Lipinski definition) is 0. The number of nitrogens with zero attached hydrogens (tertiary/aromatic N) is 2. The number of methoxy groups -OCH3 is 1. The molecule has 0 N–H and O–H groups in total. The standard InChI is InChI=1S/C15H17FN2O3/c1-9-14(19)17-7-3-4-12(17)15(20)18(9)13-8-10(21-2)5-6-11(13)16/h5-6,8-9,12H,3-4,7H2,1-2H3. The van der Waals surface area contributed by atoms with E-state index in [2.05, 4.69) is 0 Å². The molecule has 0 saturated carbocycles. The van der Waals surface area contributed by atoms with Gasteiger partial charge in [0.2, 0.25) is 5.91 Å². The van der Waals surface area contributed by atoms with Gasteiger partial charge < -0.3 is 9.64 Å². The molecule has 2 unspecified atom stereocenters. The van der Waals surface area contributed by atoms with Crippen molar-refractivity contribution in [2.45, 2.75) is 31.8 Å². The van der Waals surface area contributed by atoms with E-state index in [1.165, 1.54) is 30.2 Å². The van der Waals surface area contributed by atoms with E-state index in [-0.39, 0.29) is 17.5 Å². The lowest BCUT2D eigenvalue weighted by Gasteiger charge is -2.40. The highest BCUT2D eigenvalue weighted by molar-refractivity contribution is 6.08. The van der Waals surface area contributed by atoms with Crippen LogP contribution in [0.15, 0.2) is 18.2 Å². The maximum atomic E-state index is 14.1. The van der Waals surface area contributed by atoms with Crippen molar-refractivity contribution in [1.82, 2.24) is 4.90 Å².